The first-order valence-corrected chi connectivity index (χ1v) is 10.3. The first kappa shape index (κ1) is 18.9. The number of Topliss-reactive ketones (excluding diaryl/α,β-unsaturated/α-hetero) is 1. The predicted molar refractivity (Wildman–Crippen MR) is 110 cm³/mol. The molecule has 3 aromatic rings. The molecule has 2 saturated heterocycles. The fourth-order valence-corrected chi connectivity index (χ4v) is 4.61. The lowest BCUT2D eigenvalue weighted by Gasteiger charge is -2.47. The Labute approximate surface area is 174 Å². The van der Waals surface area contributed by atoms with Gasteiger partial charge in [0.15, 0.2) is 5.78 Å². The number of carbonyl (C=O) groups is 2. The third-order valence-electron chi connectivity index (χ3n) is 6.05. The number of ketones is 1. The maximum atomic E-state index is 13.3. The molecule has 154 valence electrons. The largest absolute Gasteiger partial charge is 0.464 e. The Balaban J connectivity index is 1.30. The number of benzene rings is 2. The molecule has 0 aliphatic carbocycles. The molecular weight excluding hydrogens is 382 g/mol. The van der Waals surface area contributed by atoms with Crippen LogP contribution in [0.3, 0.4) is 0 Å². The van der Waals surface area contributed by atoms with Crippen LogP contribution in [-0.2, 0) is 16.1 Å². The van der Waals surface area contributed by atoms with Gasteiger partial charge in [-0.2, -0.15) is 0 Å². The zero-order valence-electron chi connectivity index (χ0n) is 16.5. The van der Waals surface area contributed by atoms with E-state index in [1.807, 2.05) is 54.6 Å². The van der Waals surface area contributed by atoms with Gasteiger partial charge in [-0.1, -0.05) is 48.5 Å². The summed E-state index contributed by atoms with van der Waals surface area (Å²) in [6.07, 6.45) is 2.35. The van der Waals surface area contributed by atoms with Gasteiger partial charge >= 0.3 is 6.09 Å². The number of rotatable bonds is 4. The molecular formula is C24H23NO5. The second kappa shape index (κ2) is 7.95. The number of amides is 1. The highest BCUT2D eigenvalue weighted by atomic mass is 16.6. The smallest absolute Gasteiger partial charge is 0.410 e. The number of para-hydroxylation sites is 1. The molecule has 1 aromatic heterocycles. The van der Waals surface area contributed by atoms with E-state index in [1.54, 1.807) is 11.2 Å². The van der Waals surface area contributed by atoms with Gasteiger partial charge in [0.05, 0.1) is 30.9 Å². The monoisotopic (exact) mass is 405 g/mol. The molecule has 2 unspecified atom stereocenters. The van der Waals surface area contributed by atoms with E-state index in [2.05, 4.69) is 0 Å². The molecule has 0 saturated carbocycles. The molecule has 6 nitrogen and oxygen atoms in total. The Bertz CT molecular complexity index is 1050. The standard InChI is InChI=1S/C24H23NO5/c26-23(21-15-29-22-9-5-4-8-20(21)22)17-10-18-13-28-14-19(11-17)25(18)24(27)30-12-16-6-2-1-3-7-16/h1-9,15,17-19H,10-14H2. The second-order valence-corrected chi connectivity index (χ2v) is 7.97. The van der Waals surface area contributed by atoms with Crippen molar-refractivity contribution in [1.29, 1.82) is 0 Å². The molecule has 0 radical (unpaired) electrons. The van der Waals surface area contributed by atoms with Crippen LogP contribution in [0.5, 0.6) is 0 Å². The van der Waals surface area contributed by atoms with Crippen LogP contribution < -0.4 is 0 Å². The zero-order valence-corrected chi connectivity index (χ0v) is 16.5. The molecule has 2 aliphatic heterocycles. The van der Waals surface area contributed by atoms with Gasteiger partial charge in [0.25, 0.3) is 0 Å². The van der Waals surface area contributed by atoms with Crippen molar-refractivity contribution in [2.24, 2.45) is 5.92 Å². The topological polar surface area (TPSA) is 69.0 Å². The summed E-state index contributed by atoms with van der Waals surface area (Å²) in [6.45, 7) is 1.08. The SMILES string of the molecule is O=C(c1coc2ccccc12)C1CC2COCC(C1)N2C(=O)OCc1ccccc1. The maximum absolute atomic E-state index is 13.3. The van der Waals surface area contributed by atoms with Gasteiger partial charge in [-0.05, 0) is 24.5 Å². The molecule has 2 aliphatic rings. The molecule has 1 amide bonds. The summed E-state index contributed by atoms with van der Waals surface area (Å²) in [5.74, 6) is -0.0859. The molecule has 2 fully saturated rings. The fraction of sp³-hybridized carbons (Fsp3) is 0.333. The lowest BCUT2D eigenvalue weighted by Crippen LogP contribution is -2.59. The normalized spacial score (nSPS) is 23.3. The Kier molecular flexibility index (Phi) is 5.01. The zero-order chi connectivity index (χ0) is 20.5. The Morgan fingerprint density at radius 2 is 1.67 bits per heavy atom. The van der Waals surface area contributed by atoms with E-state index in [1.165, 1.54) is 0 Å². The molecule has 0 spiro atoms. The fourth-order valence-electron chi connectivity index (χ4n) is 4.61. The van der Waals surface area contributed by atoms with E-state index in [0.717, 1.165) is 10.9 Å². The van der Waals surface area contributed by atoms with Gasteiger partial charge in [0.2, 0.25) is 0 Å². The van der Waals surface area contributed by atoms with Gasteiger partial charge in [-0.15, -0.1) is 0 Å². The van der Waals surface area contributed by atoms with Crippen LogP contribution in [0, 0.1) is 5.92 Å². The number of hydrogen-bond donors (Lipinski definition) is 0. The lowest BCUT2D eigenvalue weighted by atomic mass is 9.81. The first-order valence-electron chi connectivity index (χ1n) is 10.3. The van der Waals surface area contributed by atoms with Crippen LogP contribution in [0.1, 0.15) is 28.8 Å². The quantitative estimate of drug-likeness (QED) is 0.601. The average Bonchev–Trinajstić information content (AvgIpc) is 3.21. The summed E-state index contributed by atoms with van der Waals surface area (Å²) >= 11 is 0. The Hall–Kier alpha value is -3.12. The van der Waals surface area contributed by atoms with E-state index in [0.29, 0.717) is 37.2 Å². The molecule has 6 heteroatoms. The number of morpholine rings is 1. The Morgan fingerprint density at radius 3 is 2.43 bits per heavy atom. The number of hydrogen-bond acceptors (Lipinski definition) is 5. The number of piperidine rings is 1. The summed E-state index contributed by atoms with van der Waals surface area (Å²) in [7, 11) is 0. The minimum Gasteiger partial charge on any atom is -0.464 e. The van der Waals surface area contributed by atoms with Gasteiger partial charge in [0.1, 0.15) is 18.5 Å². The molecule has 2 aromatic carbocycles. The summed E-state index contributed by atoms with van der Waals surface area (Å²) in [5, 5.41) is 0.841. The van der Waals surface area contributed by atoms with Crippen LogP contribution in [-0.4, -0.2) is 42.1 Å². The summed E-state index contributed by atoms with van der Waals surface area (Å²) in [6, 6.07) is 16.9. The highest BCUT2D eigenvalue weighted by Gasteiger charge is 2.44. The number of carbonyl (C=O) groups excluding carboxylic acids is 2. The van der Waals surface area contributed by atoms with E-state index < -0.39 is 0 Å². The lowest BCUT2D eigenvalue weighted by molar-refractivity contribution is -0.0755. The van der Waals surface area contributed by atoms with Gasteiger partial charge in [-0.25, -0.2) is 4.79 Å². The van der Waals surface area contributed by atoms with Crippen molar-refractivity contribution in [3.63, 3.8) is 0 Å². The molecule has 3 heterocycles. The van der Waals surface area contributed by atoms with Crippen molar-refractivity contribution in [2.45, 2.75) is 31.5 Å². The minimum absolute atomic E-state index is 0.0779. The van der Waals surface area contributed by atoms with Crippen molar-refractivity contribution < 1.29 is 23.5 Å². The van der Waals surface area contributed by atoms with Crippen LogP contribution in [0.15, 0.2) is 65.3 Å². The molecule has 30 heavy (non-hydrogen) atoms. The number of nitrogens with zero attached hydrogens (tertiary/aromatic N) is 1. The van der Waals surface area contributed by atoms with Gasteiger partial charge in [0, 0.05) is 11.3 Å². The maximum Gasteiger partial charge on any atom is 0.410 e. The molecule has 5 rings (SSSR count). The van der Waals surface area contributed by atoms with E-state index >= 15 is 0 Å². The van der Waals surface area contributed by atoms with Gasteiger partial charge < -0.3 is 13.9 Å². The summed E-state index contributed by atoms with van der Waals surface area (Å²) in [5.41, 5.74) is 2.28. The van der Waals surface area contributed by atoms with Crippen LogP contribution in [0.4, 0.5) is 4.79 Å². The minimum atomic E-state index is -0.336. The number of furan rings is 1. The number of ether oxygens (including phenoxy) is 2. The van der Waals surface area contributed by atoms with Crippen molar-refractivity contribution in [1.82, 2.24) is 4.90 Å². The summed E-state index contributed by atoms with van der Waals surface area (Å²) < 4.78 is 16.8. The molecule has 2 bridgehead atoms. The first-order chi connectivity index (χ1) is 14.7. The predicted octanol–water partition coefficient (Wildman–Crippen LogP) is 4.43. The van der Waals surface area contributed by atoms with Crippen LogP contribution in [0.2, 0.25) is 0 Å². The van der Waals surface area contributed by atoms with Crippen LogP contribution in [0.25, 0.3) is 11.0 Å². The molecule has 0 N–H and O–H groups in total. The number of fused-ring (bicyclic) bond motifs is 3. The highest BCUT2D eigenvalue weighted by Crippen LogP contribution is 2.35. The van der Waals surface area contributed by atoms with Crippen molar-refractivity contribution in [2.75, 3.05) is 13.2 Å². The van der Waals surface area contributed by atoms with Crippen LogP contribution >= 0.6 is 0 Å². The average molecular weight is 405 g/mol. The summed E-state index contributed by atoms with van der Waals surface area (Å²) in [4.78, 5) is 27.9. The van der Waals surface area contributed by atoms with Gasteiger partial charge in [-0.3, -0.25) is 9.69 Å². The van der Waals surface area contributed by atoms with E-state index in [4.69, 9.17) is 13.9 Å². The third-order valence-corrected chi connectivity index (χ3v) is 6.05. The van der Waals surface area contributed by atoms with E-state index in [9.17, 15) is 9.59 Å². The van der Waals surface area contributed by atoms with E-state index in [-0.39, 0.29) is 36.5 Å². The Morgan fingerprint density at radius 1 is 0.967 bits per heavy atom. The molecule has 2 atom stereocenters. The highest BCUT2D eigenvalue weighted by molar-refractivity contribution is 6.08. The van der Waals surface area contributed by atoms with Crippen molar-refractivity contribution in [3.05, 3.63) is 72.0 Å². The second-order valence-electron chi connectivity index (χ2n) is 7.97. The van der Waals surface area contributed by atoms with Crippen molar-refractivity contribution >= 4 is 22.8 Å². The van der Waals surface area contributed by atoms with Crippen molar-refractivity contribution in [3.8, 4) is 0 Å². The third kappa shape index (κ3) is 3.48.